The summed E-state index contributed by atoms with van der Waals surface area (Å²) in [5.74, 6) is -0.825. The number of benzene rings is 1. The Bertz CT molecular complexity index is 466. The van der Waals surface area contributed by atoms with Crippen LogP contribution in [0.5, 0.6) is 0 Å². The lowest BCUT2D eigenvalue weighted by molar-refractivity contribution is -0.146. The van der Waals surface area contributed by atoms with Gasteiger partial charge in [0.15, 0.2) is 5.54 Å². The molecule has 1 unspecified atom stereocenters. The topological polar surface area (TPSA) is 55.8 Å². The summed E-state index contributed by atoms with van der Waals surface area (Å²) < 4.78 is 0. The average molecular weight is 291 g/mol. The molecule has 1 heterocycles. The summed E-state index contributed by atoms with van der Waals surface area (Å²) in [4.78, 5) is 16.5. The molecule has 5 nitrogen and oxygen atoms in total. The molecule has 1 saturated heterocycles. The first kappa shape index (κ1) is 15.9. The number of carboxylic acids is 1. The van der Waals surface area contributed by atoms with Gasteiger partial charge < -0.3 is 15.3 Å². The van der Waals surface area contributed by atoms with E-state index >= 15 is 0 Å². The zero-order valence-corrected chi connectivity index (χ0v) is 12.9. The smallest absolute Gasteiger partial charge is 0.329 e. The minimum absolute atomic E-state index is 0.483. The van der Waals surface area contributed by atoms with E-state index in [1.54, 1.807) is 7.05 Å². The number of hydrogen-bond acceptors (Lipinski definition) is 4. The van der Waals surface area contributed by atoms with Crippen molar-refractivity contribution < 1.29 is 9.90 Å². The summed E-state index contributed by atoms with van der Waals surface area (Å²) in [6.45, 7) is 4.38. The fourth-order valence-electron chi connectivity index (χ4n) is 2.93. The molecule has 0 amide bonds. The van der Waals surface area contributed by atoms with Gasteiger partial charge in [-0.3, -0.25) is 4.90 Å². The van der Waals surface area contributed by atoms with Crippen LogP contribution in [0.3, 0.4) is 0 Å². The first-order chi connectivity index (χ1) is 10.1. The summed E-state index contributed by atoms with van der Waals surface area (Å²) in [5, 5.41) is 12.9. The highest BCUT2D eigenvalue weighted by Crippen LogP contribution is 2.23. The molecule has 5 heteroatoms. The molecule has 1 aromatic carbocycles. The Balaban J connectivity index is 2.22. The summed E-state index contributed by atoms with van der Waals surface area (Å²) >= 11 is 0. The molecule has 0 saturated carbocycles. The molecular formula is C16H25N3O2. The normalized spacial score (nSPS) is 20.7. The fourth-order valence-corrected chi connectivity index (χ4v) is 2.93. The summed E-state index contributed by atoms with van der Waals surface area (Å²) in [5.41, 5.74) is -0.248. The predicted octanol–water partition coefficient (Wildman–Crippen LogP) is 0.823. The van der Waals surface area contributed by atoms with Crippen LogP contribution in [-0.2, 0) is 10.3 Å². The zero-order chi connectivity index (χ0) is 15.3. The van der Waals surface area contributed by atoms with Crippen molar-refractivity contribution in [2.24, 2.45) is 0 Å². The van der Waals surface area contributed by atoms with Crippen LogP contribution in [0.4, 0.5) is 0 Å². The highest BCUT2D eigenvalue weighted by Gasteiger charge is 2.40. The van der Waals surface area contributed by atoms with Gasteiger partial charge in [0.1, 0.15) is 0 Å². The molecule has 1 aromatic rings. The second-order valence-electron chi connectivity index (χ2n) is 5.76. The third kappa shape index (κ3) is 3.61. The van der Waals surface area contributed by atoms with E-state index < -0.39 is 11.5 Å². The second kappa shape index (κ2) is 7.02. The van der Waals surface area contributed by atoms with Crippen molar-refractivity contribution in [3.05, 3.63) is 35.9 Å². The van der Waals surface area contributed by atoms with Gasteiger partial charge in [0.25, 0.3) is 0 Å². The lowest BCUT2D eigenvalue weighted by atomic mass is 9.89. The summed E-state index contributed by atoms with van der Waals surface area (Å²) in [7, 11) is 3.84. The van der Waals surface area contributed by atoms with E-state index in [2.05, 4.69) is 22.2 Å². The third-order valence-corrected chi connectivity index (χ3v) is 4.33. The maximum Gasteiger partial charge on any atom is 0.329 e. The average Bonchev–Trinajstić information content (AvgIpc) is 2.70. The molecule has 1 aliphatic heterocycles. The Hall–Kier alpha value is -1.43. The molecule has 0 aliphatic carbocycles. The van der Waals surface area contributed by atoms with Crippen LogP contribution < -0.4 is 5.32 Å². The van der Waals surface area contributed by atoms with Crippen molar-refractivity contribution >= 4 is 5.97 Å². The number of carboxylic acid groups (broad SMARTS) is 1. The molecule has 0 spiro atoms. The number of rotatable bonds is 5. The van der Waals surface area contributed by atoms with Crippen LogP contribution in [0, 0.1) is 0 Å². The van der Waals surface area contributed by atoms with E-state index in [1.165, 1.54) is 0 Å². The number of hydrogen-bond donors (Lipinski definition) is 2. The molecule has 0 bridgehead atoms. The molecule has 0 radical (unpaired) electrons. The first-order valence-corrected chi connectivity index (χ1v) is 7.47. The van der Waals surface area contributed by atoms with Crippen LogP contribution in [0.25, 0.3) is 0 Å². The molecule has 21 heavy (non-hydrogen) atoms. The van der Waals surface area contributed by atoms with E-state index in [-0.39, 0.29) is 0 Å². The Morgan fingerprint density at radius 3 is 2.57 bits per heavy atom. The summed E-state index contributed by atoms with van der Waals surface area (Å²) in [6.07, 6.45) is 1.07. The van der Waals surface area contributed by atoms with Crippen LogP contribution in [0.15, 0.2) is 30.3 Å². The van der Waals surface area contributed by atoms with Gasteiger partial charge in [-0.05, 0) is 39.2 Å². The predicted molar refractivity (Wildman–Crippen MR) is 83.4 cm³/mol. The van der Waals surface area contributed by atoms with Crippen molar-refractivity contribution in [3.8, 4) is 0 Å². The third-order valence-electron chi connectivity index (χ3n) is 4.33. The lowest BCUT2D eigenvalue weighted by Gasteiger charge is -2.35. The van der Waals surface area contributed by atoms with Crippen LogP contribution >= 0.6 is 0 Å². The van der Waals surface area contributed by atoms with Gasteiger partial charge in [-0.1, -0.05) is 30.3 Å². The van der Waals surface area contributed by atoms with Crippen LogP contribution in [0.1, 0.15) is 12.0 Å². The van der Waals surface area contributed by atoms with Crippen molar-refractivity contribution in [3.63, 3.8) is 0 Å². The van der Waals surface area contributed by atoms with E-state index in [0.717, 1.165) is 38.2 Å². The highest BCUT2D eigenvalue weighted by atomic mass is 16.4. The van der Waals surface area contributed by atoms with E-state index in [1.807, 2.05) is 30.3 Å². The van der Waals surface area contributed by atoms with Crippen molar-refractivity contribution in [2.45, 2.75) is 12.0 Å². The van der Waals surface area contributed by atoms with Gasteiger partial charge >= 0.3 is 5.97 Å². The van der Waals surface area contributed by atoms with Gasteiger partial charge in [0.05, 0.1) is 0 Å². The Labute approximate surface area is 126 Å². The van der Waals surface area contributed by atoms with Crippen molar-refractivity contribution in [1.82, 2.24) is 15.1 Å². The Kier molecular flexibility index (Phi) is 5.33. The monoisotopic (exact) mass is 291 g/mol. The van der Waals surface area contributed by atoms with Crippen LogP contribution in [-0.4, -0.2) is 67.7 Å². The maximum atomic E-state index is 12.0. The molecule has 1 fully saturated rings. The number of aliphatic carboxylic acids is 1. The minimum Gasteiger partial charge on any atom is -0.480 e. The van der Waals surface area contributed by atoms with Gasteiger partial charge in [-0.2, -0.15) is 0 Å². The van der Waals surface area contributed by atoms with Gasteiger partial charge in [0.2, 0.25) is 0 Å². The van der Waals surface area contributed by atoms with E-state index in [9.17, 15) is 9.90 Å². The number of nitrogens with one attached hydrogen (secondary N) is 1. The van der Waals surface area contributed by atoms with E-state index in [4.69, 9.17) is 0 Å². The number of nitrogens with zero attached hydrogens (tertiary/aromatic N) is 2. The first-order valence-electron chi connectivity index (χ1n) is 7.47. The Morgan fingerprint density at radius 1 is 1.24 bits per heavy atom. The molecule has 1 aliphatic rings. The van der Waals surface area contributed by atoms with Gasteiger partial charge in [0, 0.05) is 19.6 Å². The standard InChI is InChI=1S/C16H25N3O2/c1-17-16(15(20)21,14-7-4-3-5-8-14)13-19-10-6-9-18(2)11-12-19/h3-5,7-8,17H,6,9-13H2,1-2H3,(H,20,21). The molecule has 0 aromatic heterocycles. The van der Waals surface area contributed by atoms with Gasteiger partial charge in [-0.25, -0.2) is 4.79 Å². The lowest BCUT2D eigenvalue weighted by Crippen LogP contribution is -2.55. The molecule has 1 atom stereocenters. The SMILES string of the molecule is CNC(CN1CCCN(C)CC1)(C(=O)O)c1ccccc1. The number of likely N-dealkylation sites (N-methyl/N-ethyl adjacent to an activating group) is 2. The maximum absolute atomic E-state index is 12.0. The highest BCUT2D eigenvalue weighted by molar-refractivity contribution is 5.81. The Morgan fingerprint density at radius 2 is 1.95 bits per heavy atom. The number of carbonyl (C=O) groups is 1. The molecular weight excluding hydrogens is 266 g/mol. The van der Waals surface area contributed by atoms with Crippen molar-refractivity contribution in [2.75, 3.05) is 46.8 Å². The summed E-state index contributed by atoms with van der Waals surface area (Å²) in [6, 6.07) is 9.46. The molecule has 2 N–H and O–H groups in total. The minimum atomic E-state index is -1.05. The quantitative estimate of drug-likeness (QED) is 0.841. The molecule has 2 rings (SSSR count). The van der Waals surface area contributed by atoms with Gasteiger partial charge in [-0.15, -0.1) is 0 Å². The van der Waals surface area contributed by atoms with E-state index in [0.29, 0.717) is 6.54 Å². The fraction of sp³-hybridized carbons (Fsp3) is 0.562. The second-order valence-corrected chi connectivity index (χ2v) is 5.76. The van der Waals surface area contributed by atoms with Crippen LogP contribution in [0.2, 0.25) is 0 Å². The molecule has 116 valence electrons. The largest absolute Gasteiger partial charge is 0.480 e. The van der Waals surface area contributed by atoms with Crippen molar-refractivity contribution in [1.29, 1.82) is 0 Å². The zero-order valence-electron chi connectivity index (χ0n) is 12.9.